The number of nitrogens with zero attached hydrogens (tertiary/aromatic N) is 1. The Kier molecular flexibility index (Phi) is 5.77. The average molecular weight is 433 g/mol. The summed E-state index contributed by atoms with van der Waals surface area (Å²) in [6, 6.07) is 7.93. The molecule has 0 spiro atoms. The molecule has 11 heteroatoms. The number of carboxylic acid groups (broad SMARTS) is 1. The number of carboxylic acids is 1. The van der Waals surface area contributed by atoms with E-state index in [1.165, 1.54) is 24.3 Å². The second kappa shape index (κ2) is 8.30. The number of nitrogens with one attached hydrogen (secondary N) is 1. The van der Waals surface area contributed by atoms with Crippen molar-refractivity contribution in [1.29, 1.82) is 0 Å². The first kappa shape index (κ1) is 21.6. The minimum atomic E-state index is -4.69. The maximum absolute atomic E-state index is 13.0. The van der Waals surface area contributed by atoms with Crippen molar-refractivity contribution in [2.45, 2.75) is 6.18 Å². The zero-order chi connectivity index (χ0) is 22.8. The molecule has 0 radical (unpaired) electrons. The molecular formula is C20H12F3N2O6-. The monoisotopic (exact) mass is 433 g/mol. The molecule has 2 aromatic rings. The second-order valence-electron chi connectivity index (χ2n) is 6.24. The molecule has 0 saturated carbocycles. The highest BCUT2D eigenvalue weighted by molar-refractivity contribution is 6.39. The highest BCUT2D eigenvalue weighted by Gasteiger charge is 2.38. The van der Waals surface area contributed by atoms with Crippen LogP contribution in [0.3, 0.4) is 0 Å². The first-order valence-electron chi connectivity index (χ1n) is 8.57. The summed E-state index contributed by atoms with van der Waals surface area (Å²) < 4.78 is 43.8. The summed E-state index contributed by atoms with van der Waals surface area (Å²) in [6.45, 7) is -0.671. The Hall–Kier alpha value is -4.15. The normalized spacial score (nSPS) is 15.8. The van der Waals surface area contributed by atoms with Gasteiger partial charge in [-0.3, -0.25) is 14.9 Å². The minimum absolute atomic E-state index is 0.187. The van der Waals surface area contributed by atoms with Gasteiger partial charge in [-0.1, -0.05) is 18.2 Å². The molecule has 0 aliphatic carbocycles. The molecular weight excluding hydrogens is 421 g/mol. The number of urea groups is 1. The summed E-state index contributed by atoms with van der Waals surface area (Å²) in [5.41, 5.74) is -1.60. The zero-order valence-corrected chi connectivity index (χ0v) is 15.4. The quantitative estimate of drug-likeness (QED) is 0.565. The molecule has 0 aromatic heterocycles. The molecule has 0 bridgehead atoms. The molecule has 0 unspecified atom stereocenters. The van der Waals surface area contributed by atoms with Gasteiger partial charge >= 0.3 is 12.2 Å². The maximum Gasteiger partial charge on any atom is 0.416 e. The Morgan fingerprint density at radius 2 is 1.77 bits per heavy atom. The van der Waals surface area contributed by atoms with Gasteiger partial charge in [-0.05, 0) is 42.0 Å². The number of amides is 4. The van der Waals surface area contributed by atoms with Crippen LogP contribution in [0.5, 0.6) is 5.75 Å². The predicted molar refractivity (Wildman–Crippen MR) is 97.4 cm³/mol. The van der Waals surface area contributed by atoms with Gasteiger partial charge in [-0.15, -0.1) is 0 Å². The van der Waals surface area contributed by atoms with E-state index in [4.69, 9.17) is 4.74 Å². The van der Waals surface area contributed by atoms with Crippen LogP contribution in [0, 0.1) is 0 Å². The van der Waals surface area contributed by atoms with E-state index in [0.29, 0.717) is 16.5 Å². The van der Waals surface area contributed by atoms with Gasteiger partial charge in [-0.2, -0.15) is 13.2 Å². The van der Waals surface area contributed by atoms with Crippen molar-refractivity contribution in [3.05, 3.63) is 65.2 Å². The molecule has 3 rings (SSSR count). The Morgan fingerprint density at radius 1 is 1.10 bits per heavy atom. The molecule has 2 aromatic carbocycles. The van der Waals surface area contributed by atoms with E-state index in [2.05, 4.69) is 0 Å². The molecule has 8 nitrogen and oxygen atoms in total. The SMILES string of the molecule is O=C([O-])COc1ccc(/C=C2/C(=O)NC(=O)N(c3cccc(C(F)(F)F)c3)C2=O)cc1. The summed E-state index contributed by atoms with van der Waals surface area (Å²) >= 11 is 0. The third kappa shape index (κ3) is 4.89. The Labute approximate surface area is 172 Å². The molecule has 1 N–H and O–H groups in total. The van der Waals surface area contributed by atoms with Crippen molar-refractivity contribution >= 4 is 35.6 Å². The van der Waals surface area contributed by atoms with Gasteiger partial charge in [-0.25, -0.2) is 9.69 Å². The van der Waals surface area contributed by atoms with Crippen LogP contribution in [0.1, 0.15) is 11.1 Å². The number of benzene rings is 2. The van der Waals surface area contributed by atoms with Gasteiger partial charge in [0.15, 0.2) is 0 Å². The number of anilines is 1. The highest BCUT2D eigenvalue weighted by atomic mass is 19.4. The molecule has 1 aliphatic rings. The molecule has 1 aliphatic heterocycles. The van der Waals surface area contributed by atoms with Crippen molar-refractivity contribution in [1.82, 2.24) is 5.32 Å². The lowest BCUT2D eigenvalue weighted by Crippen LogP contribution is -2.54. The molecule has 0 atom stereocenters. The van der Waals surface area contributed by atoms with Gasteiger partial charge < -0.3 is 14.6 Å². The number of aliphatic carboxylic acids is 1. The molecule has 160 valence electrons. The average Bonchev–Trinajstić information content (AvgIpc) is 2.70. The number of carbonyl (C=O) groups excluding carboxylic acids is 4. The topological polar surface area (TPSA) is 116 Å². The summed E-state index contributed by atoms with van der Waals surface area (Å²) in [5, 5.41) is 12.3. The van der Waals surface area contributed by atoms with E-state index >= 15 is 0 Å². The van der Waals surface area contributed by atoms with Crippen LogP contribution in [0.2, 0.25) is 0 Å². The summed E-state index contributed by atoms with van der Waals surface area (Å²) in [5.74, 6) is -3.36. The number of hydrogen-bond donors (Lipinski definition) is 1. The summed E-state index contributed by atoms with van der Waals surface area (Å²) in [4.78, 5) is 47.9. The number of rotatable bonds is 5. The Balaban J connectivity index is 1.90. The third-order valence-corrected chi connectivity index (χ3v) is 4.08. The van der Waals surface area contributed by atoms with Crippen molar-refractivity contribution in [3.8, 4) is 5.75 Å². The van der Waals surface area contributed by atoms with E-state index in [1.807, 2.05) is 5.32 Å². The number of halogens is 3. The fraction of sp³-hybridized carbons (Fsp3) is 0.100. The van der Waals surface area contributed by atoms with E-state index in [-0.39, 0.29) is 11.4 Å². The standard InChI is InChI=1S/C20H13F3N2O6/c21-20(22,23)12-2-1-3-13(9-12)25-18(29)15(17(28)24-19(25)30)8-11-4-6-14(7-5-11)31-10-16(26)27/h1-9H,10H2,(H,26,27)(H,24,28,30)/p-1/b15-8-. The van der Waals surface area contributed by atoms with Crippen LogP contribution >= 0.6 is 0 Å². The summed E-state index contributed by atoms with van der Waals surface area (Å²) in [6.07, 6.45) is -3.56. The van der Waals surface area contributed by atoms with Crippen LogP contribution in [0.15, 0.2) is 54.1 Å². The Morgan fingerprint density at radius 3 is 2.39 bits per heavy atom. The number of alkyl halides is 3. The predicted octanol–water partition coefficient (Wildman–Crippen LogP) is 1.50. The first-order valence-corrected chi connectivity index (χ1v) is 8.57. The zero-order valence-electron chi connectivity index (χ0n) is 15.4. The largest absolute Gasteiger partial charge is 0.546 e. The van der Waals surface area contributed by atoms with E-state index in [1.54, 1.807) is 0 Å². The van der Waals surface area contributed by atoms with Gasteiger partial charge in [0, 0.05) is 0 Å². The number of hydrogen-bond acceptors (Lipinski definition) is 6. The van der Waals surface area contributed by atoms with E-state index < -0.39 is 47.7 Å². The van der Waals surface area contributed by atoms with Crippen molar-refractivity contribution < 1.29 is 42.2 Å². The van der Waals surface area contributed by atoms with Gasteiger partial charge in [0.1, 0.15) is 17.9 Å². The molecule has 1 heterocycles. The lowest BCUT2D eigenvalue weighted by molar-refractivity contribution is -0.307. The molecule has 1 saturated heterocycles. The fourth-order valence-corrected chi connectivity index (χ4v) is 2.68. The van der Waals surface area contributed by atoms with Crippen LogP contribution in [0.4, 0.5) is 23.7 Å². The van der Waals surface area contributed by atoms with Gasteiger partial charge in [0.25, 0.3) is 11.8 Å². The first-order chi connectivity index (χ1) is 14.6. The number of imide groups is 2. The maximum atomic E-state index is 13.0. The van der Waals surface area contributed by atoms with Crippen LogP contribution in [0.25, 0.3) is 6.08 Å². The van der Waals surface area contributed by atoms with Crippen molar-refractivity contribution in [2.75, 3.05) is 11.5 Å². The number of ether oxygens (including phenoxy) is 1. The van der Waals surface area contributed by atoms with Gasteiger partial charge in [0.2, 0.25) is 0 Å². The van der Waals surface area contributed by atoms with E-state index in [0.717, 1.165) is 24.3 Å². The molecule has 4 amide bonds. The number of barbiturate groups is 1. The van der Waals surface area contributed by atoms with Crippen LogP contribution in [-0.2, 0) is 20.6 Å². The summed E-state index contributed by atoms with van der Waals surface area (Å²) in [7, 11) is 0. The smallest absolute Gasteiger partial charge is 0.416 e. The lowest BCUT2D eigenvalue weighted by atomic mass is 10.1. The molecule has 1 fully saturated rings. The van der Waals surface area contributed by atoms with Crippen LogP contribution < -0.4 is 20.1 Å². The van der Waals surface area contributed by atoms with Gasteiger partial charge in [0.05, 0.1) is 17.2 Å². The Bertz CT molecular complexity index is 1090. The van der Waals surface area contributed by atoms with Crippen molar-refractivity contribution in [3.63, 3.8) is 0 Å². The van der Waals surface area contributed by atoms with E-state index in [9.17, 15) is 37.5 Å². The lowest BCUT2D eigenvalue weighted by Gasteiger charge is -2.26. The minimum Gasteiger partial charge on any atom is -0.546 e. The fourth-order valence-electron chi connectivity index (χ4n) is 2.68. The van der Waals surface area contributed by atoms with Crippen LogP contribution in [-0.4, -0.2) is 30.4 Å². The number of carbonyl (C=O) groups is 4. The highest BCUT2D eigenvalue weighted by Crippen LogP contribution is 2.32. The third-order valence-electron chi connectivity index (χ3n) is 4.08. The molecule has 31 heavy (non-hydrogen) atoms. The second-order valence-corrected chi connectivity index (χ2v) is 6.24. The van der Waals surface area contributed by atoms with Crippen molar-refractivity contribution in [2.24, 2.45) is 0 Å².